The molecule has 42 heavy (non-hydrogen) atoms. The van der Waals surface area contributed by atoms with Gasteiger partial charge in [0.25, 0.3) is 0 Å². The van der Waals surface area contributed by atoms with Crippen LogP contribution in [0.1, 0.15) is 91.4 Å². The predicted octanol–water partition coefficient (Wildman–Crippen LogP) is 7.78. The van der Waals surface area contributed by atoms with Crippen molar-refractivity contribution < 1.29 is 24.2 Å². The van der Waals surface area contributed by atoms with E-state index in [1.165, 1.54) is 12.5 Å². The number of nitrogens with zero attached hydrogens (tertiary/aromatic N) is 2. The van der Waals surface area contributed by atoms with E-state index in [0.29, 0.717) is 25.3 Å². The van der Waals surface area contributed by atoms with Crippen molar-refractivity contribution in [2.24, 2.45) is 10.9 Å². The lowest BCUT2D eigenvalue weighted by Crippen LogP contribution is -2.32. The third-order valence-electron chi connectivity index (χ3n) is 5.21. The van der Waals surface area contributed by atoms with Crippen molar-refractivity contribution in [1.82, 2.24) is 10.2 Å². The number of amides is 1. The molecular weight excluding hydrogens is 530 g/mol. The molecule has 1 atom stereocenters. The van der Waals surface area contributed by atoms with Crippen LogP contribution in [0.4, 0.5) is 0 Å². The van der Waals surface area contributed by atoms with Gasteiger partial charge in [0, 0.05) is 26.7 Å². The number of amidine groups is 1. The lowest BCUT2D eigenvalue weighted by molar-refractivity contribution is -0.109. The smallest absolute Gasteiger partial charge is 0.339 e. The minimum absolute atomic E-state index is 0.175. The summed E-state index contributed by atoms with van der Waals surface area (Å²) in [6.45, 7) is 19.1. The first-order valence-electron chi connectivity index (χ1n) is 15.2. The number of para-hydroxylation sites is 1. The second-order valence-electron chi connectivity index (χ2n) is 8.83. The first kappa shape index (κ1) is 42.9. The predicted molar refractivity (Wildman–Crippen MR) is 179 cm³/mol. The number of nitrogens with one attached hydrogen (secondary N) is 1. The standard InChI is InChI=1S/C20H29N3O4.C9H16O.C3H8.C2H6/c1-4-23(19(21-3)10-7-12-22-15-24)13-11-16(2)14-27-18-9-6-5-8-17(18)20(25)26;1-4-6-8-9(10-3)7-5-2;1-3-2;1-2/h5-10,15-16H,4,11-14H2,1-3H3,(H,22,24)(H,25,26);6-8H,4-5H2,1-3H3;3H2,1-2H3;1-2H3/b10-7-,21-19?;8-6-,9-7+;;. The van der Waals surface area contributed by atoms with Gasteiger partial charge < -0.3 is 24.8 Å². The topological polar surface area (TPSA) is 100 Å². The second kappa shape index (κ2) is 32.0. The summed E-state index contributed by atoms with van der Waals surface area (Å²) < 4.78 is 10.8. The Morgan fingerprint density at radius 1 is 1.07 bits per heavy atom. The van der Waals surface area contributed by atoms with E-state index in [0.717, 1.165) is 43.9 Å². The number of methoxy groups -OCH3 is 1. The largest absolute Gasteiger partial charge is 0.497 e. The SMILES string of the molecule is CC.CC/C=C\C(=C/CC)OC.CCC.CCN(CCC(C)COc1ccccc1C(=O)O)C(/C=C\CNC=O)=NC. The van der Waals surface area contributed by atoms with E-state index in [2.05, 4.69) is 68.9 Å². The molecule has 0 aliphatic heterocycles. The number of carboxylic acid groups (broad SMARTS) is 1. The number of ether oxygens (including phenoxy) is 2. The van der Waals surface area contributed by atoms with Gasteiger partial charge in [-0.2, -0.15) is 0 Å². The van der Waals surface area contributed by atoms with Gasteiger partial charge in [-0.3, -0.25) is 9.79 Å². The molecule has 240 valence electrons. The van der Waals surface area contributed by atoms with E-state index >= 15 is 0 Å². The Labute approximate surface area is 256 Å². The van der Waals surface area contributed by atoms with E-state index < -0.39 is 5.97 Å². The molecule has 8 heteroatoms. The second-order valence-corrected chi connectivity index (χ2v) is 8.83. The Morgan fingerprint density at radius 3 is 2.21 bits per heavy atom. The van der Waals surface area contributed by atoms with Gasteiger partial charge in [0.05, 0.1) is 13.7 Å². The number of hydrogen-bond donors (Lipinski definition) is 2. The van der Waals surface area contributed by atoms with Crippen LogP contribution in [0.2, 0.25) is 0 Å². The molecule has 0 fully saturated rings. The quantitative estimate of drug-likeness (QED) is 0.0510. The zero-order chi connectivity index (χ0) is 32.6. The number of hydrogen-bond acceptors (Lipinski definition) is 5. The third-order valence-corrected chi connectivity index (χ3v) is 5.21. The van der Waals surface area contributed by atoms with Crippen LogP contribution >= 0.6 is 0 Å². The van der Waals surface area contributed by atoms with Crippen LogP contribution < -0.4 is 10.1 Å². The van der Waals surface area contributed by atoms with Crippen molar-refractivity contribution in [3.05, 3.63) is 66.0 Å². The maximum absolute atomic E-state index is 11.2. The molecule has 0 bridgehead atoms. The molecule has 0 saturated carbocycles. The molecule has 1 aromatic carbocycles. The Bertz CT molecular complexity index is 910. The highest BCUT2D eigenvalue weighted by Crippen LogP contribution is 2.19. The van der Waals surface area contributed by atoms with E-state index in [1.807, 2.05) is 32.1 Å². The summed E-state index contributed by atoms with van der Waals surface area (Å²) in [7, 11) is 3.44. The number of allylic oxidation sites excluding steroid dienone is 3. The number of benzene rings is 1. The molecule has 8 nitrogen and oxygen atoms in total. The van der Waals surface area contributed by atoms with Crippen LogP contribution in [0.5, 0.6) is 5.75 Å². The molecule has 2 N–H and O–H groups in total. The maximum Gasteiger partial charge on any atom is 0.339 e. The first-order chi connectivity index (χ1) is 20.3. The Hall–Kier alpha value is -3.55. The number of aromatic carboxylic acids is 1. The summed E-state index contributed by atoms with van der Waals surface area (Å²) in [5.74, 6) is 1.47. The van der Waals surface area contributed by atoms with Gasteiger partial charge in [-0.15, -0.1) is 0 Å². The van der Waals surface area contributed by atoms with Crippen molar-refractivity contribution in [2.45, 2.75) is 81.1 Å². The minimum Gasteiger partial charge on any atom is -0.497 e. The molecular formula is C34H59N3O5. The highest BCUT2D eigenvalue weighted by Gasteiger charge is 2.13. The molecule has 0 aliphatic carbocycles. The Morgan fingerprint density at radius 2 is 1.71 bits per heavy atom. The maximum atomic E-state index is 11.2. The fraction of sp³-hybridized carbons (Fsp3) is 0.559. The number of likely N-dealkylation sites (N-methyl/N-ethyl adjacent to an activating group) is 1. The van der Waals surface area contributed by atoms with Gasteiger partial charge in [0.1, 0.15) is 22.9 Å². The highest BCUT2D eigenvalue weighted by molar-refractivity contribution is 5.93. The lowest BCUT2D eigenvalue weighted by atomic mass is 10.1. The van der Waals surface area contributed by atoms with E-state index in [1.54, 1.807) is 32.4 Å². The average molecular weight is 590 g/mol. The average Bonchev–Trinajstić information content (AvgIpc) is 3.01. The molecule has 0 radical (unpaired) electrons. The number of aliphatic imine (C=N–C) groups is 1. The molecule has 0 aliphatic rings. The van der Waals surface area contributed by atoms with Gasteiger partial charge in [0.2, 0.25) is 6.41 Å². The van der Waals surface area contributed by atoms with Crippen LogP contribution in [0.15, 0.2) is 65.4 Å². The van der Waals surface area contributed by atoms with E-state index in [9.17, 15) is 14.7 Å². The molecule has 1 unspecified atom stereocenters. The van der Waals surface area contributed by atoms with Gasteiger partial charge >= 0.3 is 5.97 Å². The first-order valence-corrected chi connectivity index (χ1v) is 15.2. The lowest BCUT2D eigenvalue weighted by Gasteiger charge is -2.24. The highest BCUT2D eigenvalue weighted by atomic mass is 16.5. The van der Waals surface area contributed by atoms with Crippen molar-refractivity contribution in [1.29, 1.82) is 0 Å². The summed E-state index contributed by atoms with van der Waals surface area (Å²) in [6.07, 6.45) is 14.8. The van der Waals surface area contributed by atoms with Crippen molar-refractivity contribution in [3.8, 4) is 5.75 Å². The molecule has 0 aromatic heterocycles. The van der Waals surface area contributed by atoms with Crippen molar-refractivity contribution >= 4 is 18.2 Å². The Kier molecular flexibility index (Phi) is 32.7. The normalized spacial score (nSPS) is 11.7. The zero-order valence-corrected chi connectivity index (χ0v) is 28.0. The molecule has 0 spiro atoms. The summed E-state index contributed by atoms with van der Waals surface area (Å²) in [6, 6.07) is 6.66. The van der Waals surface area contributed by atoms with E-state index in [-0.39, 0.29) is 11.5 Å². The van der Waals surface area contributed by atoms with Gasteiger partial charge in [0.15, 0.2) is 0 Å². The van der Waals surface area contributed by atoms with Crippen LogP contribution in [-0.2, 0) is 9.53 Å². The van der Waals surface area contributed by atoms with Gasteiger partial charge in [-0.1, -0.05) is 79.2 Å². The van der Waals surface area contributed by atoms with Crippen molar-refractivity contribution in [2.75, 3.05) is 40.4 Å². The van der Waals surface area contributed by atoms with Crippen LogP contribution in [0.3, 0.4) is 0 Å². The number of carboxylic acids is 1. The molecule has 0 heterocycles. The summed E-state index contributed by atoms with van der Waals surface area (Å²) >= 11 is 0. The monoisotopic (exact) mass is 589 g/mol. The fourth-order valence-electron chi connectivity index (χ4n) is 3.15. The molecule has 0 saturated heterocycles. The third kappa shape index (κ3) is 23.2. The fourth-order valence-corrected chi connectivity index (χ4v) is 3.15. The Balaban J connectivity index is -0.000000841. The van der Waals surface area contributed by atoms with Gasteiger partial charge in [-0.25, -0.2) is 4.79 Å². The minimum atomic E-state index is -0.991. The van der Waals surface area contributed by atoms with E-state index in [4.69, 9.17) is 9.47 Å². The number of carbonyl (C=O) groups is 2. The zero-order valence-electron chi connectivity index (χ0n) is 28.0. The summed E-state index contributed by atoms with van der Waals surface area (Å²) in [5, 5.41) is 11.8. The number of carbonyl (C=O) groups excluding carboxylic acids is 1. The van der Waals surface area contributed by atoms with Crippen LogP contribution in [-0.4, -0.2) is 68.6 Å². The molecule has 1 rings (SSSR count). The molecule has 1 amide bonds. The van der Waals surface area contributed by atoms with Crippen LogP contribution in [0, 0.1) is 5.92 Å². The van der Waals surface area contributed by atoms with Crippen molar-refractivity contribution in [3.63, 3.8) is 0 Å². The van der Waals surface area contributed by atoms with Crippen LogP contribution in [0.25, 0.3) is 0 Å². The molecule has 1 aromatic rings. The van der Waals surface area contributed by atoms with Gasteiger partial charge in [-0.05, 0) is 62.5 Å². The summed E-state index contributed by atoms with van der Waals surface area (Å²) in [4.78, 5) is 28.0. The summed E-state index contributed by atoms with van der Waals surface area (Å²) in [5.41, 5.74) is 0.175. The number of rotatable bonds is 16.